The van der Waals surface area contributed by atoms with Crippen LogP contribution >= 0.6 is 0 Å². The Labute approximate surface area is 144 Å². The second-order valence-corrected chi connectivity index (χ2v) is 5.77. The van der Waals surface area contributed by atoms with Gasteiger partial charge in [-0.2, -0.15) is 0 Å². The molecular formula is C20H27NO3. The third-order valence-electron chi connectivity index (χ3n) is 3.88. The Kier molecular flexibility index (Phi) is 7.96. The summed E-state index contributed by atoms with van der Waals surface area (Å²) < 4.78 is 2.00. The number of nitrogens with zero attached hydrogens (tertiary/aromatic N) is 1. The lowest BCUT2D eigenvalue weighted by molar-refractivity contribution is -0.137. The van der Waals surface area contributed by atoms with Gasteiger partial charge in [-0.25, -0.2) is 0 Å². The molecule has 0 spiro atoms. The number of aliphatic carboxylic acids is 1. The number of aryl methyl sites for hydroxylation is 2. The number of carboxylic acids is 1. The lowest BCUT2D eigenvalue weighted by Crippen LogP contribution is -2.10. The topological polar surface area (TPSA) is 59.3 Å². The number of hydrogen-bond acceptors (Lipinski definition) is 2. The number of carbonyl (C=O) groups is 2. The van der Waals surface area contributed by atoms with Gasteiger partial charge in [-0.15, -0.1) is 0 Å². The van der Waals surface area contributed by atoms with Crippen LogP contribution in [0.4, 0.5) is 0 Å². The fourth-order valence-corrected chi connectivity index (χ4v) is 2.55. The average molecular weight is 329 g/mol. The summed E-state index contributed by atoms with van der Waals surface area (Å²) in [5, 5.41) is 8.04. The Balaban J connectivity index is 0.000000351. The molecule has 0 bridgehead atoms. The highest BCUT2D eigenvalue weighted by atomic mass is 16.4. The number of hydrogen-bond donors (Lipinski definition) is 1. The summed E-state index contributed by atoms with van der Waals surface area (Å²) in [6.45, 7) is 6.07. The van der Waals surface area contributed by atoms with Crippen LogP contribution in [0.15, 0.2) is 36.4 Å². The maximum absolute atomic E-state index is 12.4. The standard InChI is InChI=1S/C15H17NO.C5H10O2/c1-4-13-10-11(2)14(16(13)3)15(17)12-8-6-5-7-9-12;1-2-3-4-5(6)7/h5-10H,4H2,1-3H3;2-4H2,1H3,(H,6,7). The van der Waals surface area contributed by atoms with E-state index in [0.717, 1.165) is 36.1 Å². The molecule has 1 aromatic carbocycles. The van der Waals surface area contributed by atoms with Crippen LogP contribution in [0, 0.1) is 6.92 Å². The maximum atomic E-state index is 12.4. The van der Waals surface area contributed by atoms with E-state index >= 15 is 0 Å². The number of benzene rings is 1. The minimum atomic E-state index is -0.693. The first-order valence-electron chi connectivity index (χ1n) is 8.39. The number of carboxylic acid groups (broad SMARTS) is 1. The van der Waals surface area contributed by atoms with E-state index in [1.807, 2.05) is 55.8 Å². The van der Waals surface area contributed by atoms with E-state index in [1.165, 1.54) is 5.69 Å². The summed E-state index contributed by atoms with van der Waals surface area (Å²) in [4.78, 5) is 22.2. The summed E-state index contributed by atoms with van der Waals surface area (Å²) in [5.74, 6) is -0.591. The largest absolute Gasteiger partial charge is 0.481 e. The van der Waals surface area contributed by atoms with Crippen LogP contribution in [0.3, 0.4) is 0 Å². The number of rotatable bonds is 6. The first-order chi connectivity index (χ1) is 11.4. The van der Waals surface area contributed by atoms with Gasteiger partial charge in [0.05, 0.1) is 5.69 Å². The Morgan fingerprint density at radius 1 is 1.12 bits per heavy atom. The van der Waals surface area contributed by atoms with Crippen molar-refractivity contribution in [2.45, 2.75) is 46.5 Å². The quantitative estimate of drug-likeness (QED) is 0.800. The van der Waals surface area contributed by atoms with Crippen LogP contribution in [-0.4, -0.2) is 21.4 Å². The highest BCUT2D eigenvalue weighted by molar-refractivity contribution is 6.09. The van der Waals surface area contributed by atoms with Gasteiger partial charge in [0.15, 0.2) is 0 Å². The normalized spacial score (nSPS) is 10.0. The maximum Gasteiger partial charge on any atom is 0.303 e. The van der Waals surface area contributed by atoms with Gasteiger partial charge in [-0.1, -0.05) is 50.6 Å². The minimum absolute atomic E-state index is 0.102. The molecule has 0 fully saturated rings. The molecule has 4 nitrogen and oxygen atoms in total. The third kappa shape index (κ3) is 5.37. The van der Waals surface area contributed by atoms with Gasteiger partial charge >= 0.3 is 5.97 Å². The van der Waals surface area contributed by atoms with Crippen molar-refractivity contribution < 1.29 is 14.7 Å². The highest BCUT2D eigenvalue weighted by Gasteiger charge is 2.17. The Bertz CT molecular complexity index is 672. The van der Waals surface area contributed by atoms with Gasteiger partial charge in [-0.05, 0) is 31.4 Å². The van der Waals surface area contributed by atoms with Crippen LogP contribution in [0.25, 0.3) is 0 Å². The van der Waals surface area contributed by atoms with Gasteiger partial charge in [0.25, 0.3) is 0 Å². The molecule has 0 saturated carbocycles. The van der Waals surface area contributed by atoms with Gasteiger partial charge < -0.3 is 9.67 Å². The number of aromatic nitrogens is 1. The van der Waals surface area contributed by atoms with Gasteiger partial charge in [0.2, 0.25) is 5.78 Å². The van der Waals surface area contributed by atoms with Crippen molar-refractivity contribution in [2.24, 2.45) is 7.05 Å². The molecule has 2 aromatic rings. The molecule has 0 aliphatic heterocycles. The molecule has 4 heteroatoms. The van der Waals surface area contributed by atoms with Crippen molar-refractivity contribution >= 4 is 11.8 Å². The summed E-state index contributed by atoms with van der Waals surface area (Å²) in [5.41, 5.74) is 3.80. The smallest absolute Gasteiger partial charge is 0.303 e. The average Bonchev–Trinajstić information content (AvgIpc) is 2.87. The van der Waals surface area contributed by atoms with Crippen molar-refractivity contribution in [3.63, 3.8) is 0 Å². The molecule has 1 aromatic heterocycles. The Morgan fingerprint density at radius 3 is 2.17 bits per heavy atom. The molecule has 0 saturated heterocycles. The van der Waals surface area contributed by atoms with E-state index in [0.29, 0.717) is 6.42 Å². The molecule has 0 radical (unpaired) electrons. The minimum Gasteiger partial charge on any atom is -0.481 e. The molecule has 24 heavy (non-hydrogen) atoms. The van der Waals surface area contributed by atoms with E-state index in [4.69, 9.17) is 5.11 Å². The monoisotopic (exact) mass is 329 g/mol. The van der Waals surface area contributed by atoms with E-state index in [9.17, 15) is 9.59 Å². The predicted octanol–water partition coefficient (Wildman–Crippen LogP) is 4.39. The second kappa shape index (κ2) is 9.71. The van der Waals surface area contributed by atoms with Gasteiger partial charge in [-0.3, -0.25) is 9.59 Å². The van der Waals surface area contributed by atoms with Crippen LogP contribution < -0.4 is 0 Å². The van der Waals surface area contributed by atoms with Crippen molar-refractivity contribution in [1.82, 2.24) is 4.57 Å². The lowest BCUT2D eigenvalue weighted by Gasteiger charge is -2.06. The fraction of sp³-hybridized carbons (Fsp3) is 0.400. The van der Waals surface area contributed by atoms with Crippen molar-refractivity contribution in [3.8, 4) is 0 Å². The zero-order chi connectivity index (χ0) is 18.1. The van der Waals surface area contributed by atoms with E-state index < -0.39 is 5.97 Å². The van der Waals surface area contributed by atoms with E-state index in [-0.39, 0.29) is 5.78 Å². The molecule has 0 atom stereocenters. The molecule has 130 valence electrons. The van der Waals surface area contributed by atoms with Crippen molar-refractivity contribution in [2.75, 3.05) is 0 Å². The molecule has 0 amide bonds. The Morgan fingerprint density at radius 2 is 1.75 bits per heavy atom. The summed E-state index contributed by atoms with van der Waals surface area (Å²) in [6, 6.07) is 11.5. The summed E-state index contributed by atoms with van der Waals surface area (Å²) in [7, 11) is 1.96. The number of carbonyl (C=O) groups excluding carboxylic acids is 1. The van der Waals surface area contributed by atoms with Crippen molar-refractivity contribution in [3.05, 3.63) is 58.9 Å². The summed E-state index contributed by atoms with van der Waals surface area (Å²) in [6.07, 6.45) is 3.03. The van der Waals surface area contributed by atoms with Crippen LogP contribution in [-0.2, 0) is 18.3 Å². The molecule has 1 N–H and O–H groups in total. The second-order valence-electron chi connectivity index (χ2n) is 5.77. The van der Waals surface area contributed by atoms with Crippen LogP contribution in [0.1, 0.15) is 60.4 Å². The zero-order valence-corrected chi connectivity index (χ0v) is 15.0. The fourth-order valence-electron chi connectivity index (χ4n) is 2.55. The van der Waals surface area contributed by atoms with Crippen LogP contribution in [0.5, 0.6) is 0 Å². The first-order valence-corrected chi connectivity index (χ1v) is 8.39. The molecular weight excluding hydrogens is 302 g/mol. The first kappa shape index (κ1) is 19.7. The predicted molar refractivity (Wildman–Crippen MR) is 96.6 cm³/mol. The Hall–Kier alpha value is -2.36. The molecule has 0 unspecified atom stereocenters. The lowest BCUT2D eigenvalue weighted by atomic mass is 10.1. The zero-order valence-electron chi connectivity index (χ0n) is 15.0. The van der Waals surface area contributed by atoms with E-state index in [2.05, 4.69) is 13.0 Å². The molecule has 0 aliphatic rings. The number of ketones is 1. The molecule has 2 rings (SSSR count). The third-order valence-corrected chi connectivity index (χ3v) is 3.88. The SMILES string of the molecule is CCCCC(=O)O.CCc1cc(C)c(C(=O)c2ccccc2)n1C. The van der Waals surface area contributed by atoms with Gasteiger partial charge in [0, 0.05) is 24.7 Å². The van der Waals surface area contributed by atoms with Crippen molar-refractivity contribution in [1.29, 1.82) is 0 Å². The van der Waals surface area contributed by atoms with E-state index in [1.54, 1.807) is 0 Å². The van der Waals surface area contributed by atoms with Crippen LogP contribution in [0.2, 0.25) is 0 Å². The summed E-state index contributed by atoms with van der Waals surface area (Å²) >= 11 is 0. The number of unbranched alkanes of at least 4 members (excludes halogenated alkanes) is 1. The highest BCUT2D eigenvalue weighted by Crippen LogP contribution is 2.18. The molecule has 1 heterocycles. The van der Waals surface area contributed by atoms with Gasteiger partial charge in [0.1, 0.15) is 0 Å². The molecule has 0 aliphatic carbocycles.